The Morgan fingerprint density at radius 3 is 2.89 bits per heavy atom. The number of fused-ring (bicyclic) bond motifs is 1. The number of nitrogens with two attached hydrogens (primary N) is 1. The second kappa shape index (κ2) is 4.13. The zero-order valence-electron chi connectivity index (χ0n) is 9.62. The molecule has 1 heterocycles. The van der Waals surface area contributed by atoms with Crippen LogP contribution in [-0.4, -0.2) is 18.6 Å². The molecule has 7 heteroatoms. The summed E-state index contributed by atoms with van der Waals surface area (Å²) in [7, 11) is 0. The lowest BCUT2D eigenvalue weighted by Crippen LogP contribution is -2.43. The van der Waals surface area contributed by atoms with Crippen molar-refractivity contribution in [2.45, 2.75) is 24.5 Å². The third-order valence-corrected chi connectivity index (χ3v) is 4.05. The van der Waals surface area contributed by atoms with Crippen LogP contribution in [0.5, 0.6) is 0 Å². The molecule has 1 aromatic carbocycles. The van der Waals surface area contributed by atoms with E-state index in [0.29, 0.717) is 10.9 Å². The average Bonchev–Trinajstić information content (AvgIpc) is 3.10. The fourth-order valence-corrected chi connectivity index (χ4v) is 2.97. The van der Waals surface area contributed by atoms with Crippen molar-refractivity contribution in [3.05, 3.63) is 34.1 Å². The molecule has 1 aliphatic heterocycles. The van der Waals surface area contributed by atoms with Crippen LogP contribution in [0.2, 0.25) is 0 Å². The highest BCUT2D eigenvalue weighted by Crippen LogP contribution is 2.56. The monoisotopic (exact) mass is 334 g/mol. The van der Waals surface area contributed by atoms with Gasteiger partial charge in [-0.05, 0) is 24.6 Å². The van der Waals surface area contributed by atoms with Gasteiger partial charge in [-0.3, -0.25) is 0 Å². The van der Waals surface area contributed by atoms with Gasteiger partial charge in [-0.2, -0.15) is 0 Å². The Balaban J connectivity index is 2.21. The molecule has 3 unspecified atom stereocenters. The first kappa shape index (κ1) is 12.8. The van der Waals surface area contributed by atoms with Gasteiger partial charge in [0.15, 0.2) is 5.54 Å². The van der Waals surface area contributed by atoms with Crippen LogP contribution in [0.15, 0.2) is 27.7 Å². The van der Waals surface area contributed by atoms with Gasteiger partial charge < -0.3 is 10.5 Å². The van der Waals surface area contributed by atoms with Crippen LogP contribution in [-0.2, 0) is 10.3 Å². The van der Waals surface area contributed by atoms with Crippen LogP contribution >= 0.6 is 15.9 Å². The predicted molar refractivity (Wildman–Crippen MR) is 66.4 cm³/mol. The molecule has 0 spiro atoms. The molecule has 1 aliphatic carbocycles. The molecule has 0 radical (unpaired) electrons. The summed E-state index contributed by atoms with van der Waals surface area (Å²) in [4.78, 5) is 3.77. The predicted octanol–water partition coefficient (Wildman–Crippen LogP) is 2.78. The fourth-order valence-electron chi connectivity index (χ4n) is 2.60. The van der Waals surface area contributed by atoms with Gasteiger partial charge in [0.25, 0.3) is 12.4 Å². The molecular weight excluding hydrogens is 325 g/mol. The molecule has 1 aromatic rings. The standard InChI is InChI=1S/C12H10BrF3N2O/c13-5-1-2-8(14)6(3-5)12(10(15)16)7-4-9(7)19-11(17)18-12/h1-3,7,9-10H,4H2,(H2,17,18). The Bertz CT molecular complexity index is 566. The number of aliphatic imine (C=N–C) groups is 1. The smallest absolute Gasteiger partial charge is 0.283 e. The Morgan fingerprint density at radius 1 is 1.47 bits per heavy atom. The maximum absolute atomic E-state index is 14.0. The van der Waals surface area contributed by atoms with Gasteiger partial charge in [0.2, 0.25) is 0 Å². The molecule has 0 saturated heterocycles. The van der Waals surface area contributed by atoms with E-state index in [2.05, 4.69) is 20.9 Å². The quantitative estimate of drug-likeness (QED) is 0.904. The Labute approximate surface area is 115 Å². The molecule has 0 aromatic heterocycles. The molecule has 2 N–H and O–H groups in total. The van der Waals surface area contributed by atoms with Crippen LogP contribution in [0.1, 0.15) is 12.0 Å². The van der Waals surface area contributed by atoms with Gasteiger partial charge in [0.05, 0.1) is 0 Å². The molecule has 1 fully saturated rings. The number of benzene rings is 1. The van der Waals surface area contributed by atoms with Crippen molar-refractivity contribution in [3.63, 3.8) is 0 Å². The van der Waals surface area contributed by atoms with Crippen molar-refractivity contribution in [2.75, 3.05) is 0 Å². The third-order valence-electron chi connectivity index (χ3n) is 3.56. The molecule has 19 heavy (non-hydrogen) atoms. The number of ether oxygens (including phenoxy) is 1. The van der Waals surface area contributed by atoms with Crippen molar-refractivity contribution in [1.82, 2.24) is 0 Å². The van der Waals surface area contributed by atoms with E-state index < -0.39 is 29.8 Å². The first-order valence-corrected chi connectivity index (χ1v) is 6.50. The minimum Gasteiger partial charge on any atom is -0.462 e. The lowest BCUT2D eigenvalue weighted by molar-refractivity contribution is 0.0176. The minimum absolute atomic E-state index is 0.143. The third kappa shape index (κ3) is 1.82. The van der Waals surface area contributed by atoms with Crippen molar-refractivity contribution in [1.29, 1.82) is 0 Å². The van der Waals surface area contributed by atoms with Crippen molar-refractivity contribution < 1.29 is 17.9 Å². The lowest BCUT2D eigenvalue weighted by atomic mass is 9.85. The zero-order chi connectivity index (χ0) is 13.8. The number of hydrogen-bond acceptors (Lipinski definition) is 3. The average molecular weight is 335 g/mol. The van der Waals surface area contributed by atoms with Gasteiger partial charge in [0, 0.05) is 16.0 Å². The molecule has 0 amide bonds. The summed E-state index contributed by atoms with van der Waals surface area (Å²) in [5.41, 5.74) is 3.36. The number of rotatable bonds is 2. The molecule has 3 rings (SSSR count). The number of nitrogens with zero attached hydrogens (tertiary/aromatic N) is 1. The van der Waals surface area contributed by atoms with Gasteiger partial charge >= 0.3 is 0 Å². The van der Waals surface area contributed by atoms with E-state index in [1.807, 2.05) is 0 Å². The molecule has 2 aliphatic rings. The molecule has 102 valence electrons. The number of hydrogen-bond donors (Lipinski definition) is 1. The summed E-state index contributed by atoms with van der Waals surface area (Å²) >= 11 is 3.16. The van der Waals surface area contributed by atoms with Crippen molar-refractivity contribution >= 4 is 22.0 Å². The summed E-state index contributed by atoms with van der Waals surface area (Å²) in [6.07, 6.45) is -2.85. The SMILES string of the molecule is NC1=NC(c2cc(Br)ccc2F)(C(F)F)C2CC2O1. The molecule has 3 atom stereocenters. The number of alkyl halides is 2. The Kier molecular flexibility index (Phi) is 2.78. The van der Waals surface area contributed by atoms with Gasteiger partial charge in [-0.1, -0.05) is 15.9 Å². The maximum atomic E-state index is 14.0. The van der Waals surface area contributed by atoms with E-state index in [4.69, 9.17) is 10.5 Å². The molecule has 0 bridgehead atoms. The highest BCUT2D eigenvalue weighted by atomic mass is 79.9. The Hall–Kier alpha value is -1.24. The second-order valence-corrected chi connectivity index (χ2v) is 5.61. The van der Waals surface area contributed by atoms with E-state index >= 15 is 0 Å². The van der Waals surface area contributed by atoms with Crippen molar-refractivity contribution in [3.8, 4) is 0 Å². The van der Waals surface area contributed by atoms with Gasteiger partial charge in [0.1, 0.15) is 11.9 Å². The van der Waals surface area contributed by atoms with E-state index in [-0.39, 0.29) is 11.6 Å². The van der Waals surface area contributed by atoms with E-state index in [9.17, 15) is 13.2 Å². The number of halogens is 4. The topological polar surface area (TPSA) is 47.6 Å². The zero-order valence-corrected chi connectivity index (χ0v) is 11.2. The summed E-state index contributed by atoms with van der Waals surface area (Å²) < 4.78 is 46.9. The van der Waals surface area contributed by atoms with Crippen molar-refractivity contribution in [2.24, 2.45) is 16.6 Å². The lowest BCUT2D eigenvalue weighted by Gasteiger charge is -2.33. The molecular formula is C12H10BrF3N2O. The van der Waals surface area contributed by atoms with Gasteiger partial charge in [-0.15, -0.1) is 0 Å². The first-order chi connectivity index (χ1) is 8.95. The summed E-state index contributed by atoms with van der Waals surface area (Å²) in [5, 5.41) is 0. The van der Waals surface area contributed by atoms with E-state index in [1.54, 1.807) is 0 Å². The van der Waals surface area contributed by atoms with Crippen LogP contribution in [0.3, 0.4) is 0 Å². The Morgan fingerprint density at radius 2 is 2.21 bits per heavy atom. The van der Waals surface area contributed by atoms with Crippen LogP contribution in [0.4, 0.5) is 13.2 Å². The fraction of sp³-hybridized carbons (Fsp3) is 0.417. The van der Waals surface area contributed by atoms with E-state index in [1.165, 1.54) is 12.1 Å². The van der Waals surface area contributed by atoms with Crippen LogP contribution in [0.25, 0.3) is 0 Å². The molecule has 1 saturated carbocycles. The normalized spacial score (nSPS) is 32.6. The molecule has 3 nitrogen and oxygen atoms in total. The number of amidine groups is 1. The van der Waals surface area contributed by atoms with E-state index in [0.717, 1.165) is 6.07 Å². The minimum atomic E-state index is -2.85. The second-order valence-electron chi connectivity index (χ2n) is 4.70. The maximum Gasteiger partial charge on any atom is 0.283 e. The summed E-state index contributed by atoms with van der Waals surface area (Å²) in [6.45, 7) is 0. The van der Waals surface area contributed by atoms with Gasteiger partial charge in [-0.25, -0.2) is 18.2 Å². The highest BCUT2D eigenvalue weighted by Gasteiger charge is 2.64. The largest absolute Gasteiger partial charge is 0.462 e. The first-order valence-electron chi connectivity index (χ1n) is 5.71. The summed E-state index contributed by atoms with van der Waals surface area (Å²) in [6, 6.07) is 3.62. The van der Waals surface area contributed by atoms with Crippen LogP contribution < -0.4 is 5.73 Å². The summed E-state index contributed by atoms with van der Waals surface area (Å²) in [5.74, 6) is -1.25. The highest BCUT2D eigenvalue weighted by molar-refractivity contribution is 9.10. The van der Waals surface area contributed by atoms with Crippen LogP contribution in [0, 0.1) is 11.7 Å².